The van der Waals surface area contributed by atoms with E-state index >= 15 is 0 Å². The van der Waals surface area contributed by atoms with Crippen LogP contribution in [0.4, 0.5) is 10.1 Å². The quantitative estimate of drug-likeness (QED) is 0.394. The number of nitrogens with one attached hydrogen (secondary N) is 1. The third-order valence-corrected chi connectivity index (χ3v) is 7.07. The Labute approximate surface area is 221 Å². The Hall–Kier alpha value is -3.43. The van der Waals surface area contributed by atoms with Gasteiger partial charge in [-0.3, -0.25) is 13.9 Å². The van der Waals surface area contributed by atoms with Gasteiger partial charge in [-0.15, -0.1) is 0 Å². The monoisotopic (exact) mass is 545 g/mol. The van der Waals surface area contributed by atoms with Gasteiger partial charge >= 0.3 is 0 Å². The van der Waals surface area contributed by atoms with Crippen molar-refractivity contribution in [2.24, 2.45) is 0 Å². The number of sulfonamides is 1. The molecule has 0 bridgehead atoms. The lowest BCUT2D eigenvalue weighted by atomic mass is 10.0. The van der Waals surface area contributed by atoms with Crippen molar-refractivity contribution in [2.45, 2.75) is 25.9 Å². The average molecular weight is 546 g/mol. The number of benzene rings is 3. The predicted octanol–water partition coefficient (Wildman–Crippen LogP) is 4.02. The molecule has 0 saturated heterocycles. The van der Waals surface area contributed by atoms with E-state index in [1.165, 1.54) is 35.2 Å². The molecule has 7 nitrogen and oxygen atoms in total. The van der Waals surface area contributed by atoms with E-state index < -0.39 is 40.2 Å². The van der Waals surface area contributed by atoms with Crippen LogP contribution >= 0.6 is 11.6 Å². The molecule has 3 rings (SSSR count). The highest BCUT2D eigenvalue weighted by Gasteiger charge is 2.33. The Morgan fingerprint density at radius 3 is 2.30 bits per heavy atom. The Morgan fingerprint density at radius 1 is 1.00 bits per heavy atom. The fraction of sp³-hybridized carbons (Fsp3) is 0.259. The summed E-state index contributed by atoms with van der Waals surface area (Å²) in [7, 11) is -3.91. The number of halogens is 2. The van der Waals surface area contributed by atoms with E-state index in [0.717, 1.165) is 16.1 Å². The molecule has 0 fully saturated rings. The zero-order valence-electron chi connectivity index (χ0n) is 20.6. The maximum atomic E-state index is 14.7. The molecule has 1 N–H and O–H groups in total. The van der Waals surface area contributed by atoms with Crippen LogP contribution in [0, 0.1) is 5.82 Å². The van der Waals surface area contributed by atoms with Crippen LogP contribution in [0.5, 0.6) is 0 Å². The van der Waals surface area contributed by atoms with Crippen LogP contribution in [-0.4, -0.2) is 50.5 Å². The van der Waals surface area contributed by atoms with Gasteiger partial charge in [0.1, 0.15) is 18.4 Å². The molecule has 0 saturated carbocycles. The van der Waals surface area contributed by atoms with E-state index in [4.69, 9.17) is 11.6 Å². The standard InChI is InChI=1S/C27H29ClFN3O4S/c1-3-30-27(34)25(16-20-10-5-4-6-11-20)31(18-21-12-7-8-15-24(21)29)26(33)19-32(37(2,35)36)23-14-9-13-22(28)17-23/h4-15,17,25H,3,16,18-19H2,1-2H3,(H,30,34)/t25-/m0/s1. The number of hydrogen-bond acceptors (Lipinski definition) is 4. The molecular weight excluding hydrogens is 517 g/mol. The Balaban J connectivity index is 2.05. The molecule has 3 aromatic carbocycles. The van der Waals surface area contributed by atoms with Gasteiger partial charge in [0.15, 0.2) is 0 Å². The van der Waals surface area contributed by atoms with E-state index in [2.05, 4.69) is 5.32 Å². The van der Waals surface area contributed by atoms with Gasteiger partial charge in [0.05, 0.1) is 11.9 Å². The van der Waals surface area contributed by atoms with Crippen LogP contribution in [-0.2, 0) is 32.6 Å². The van der Waals surface area contributed by atoms with Crippen molar-refractivity contribution >= 4 is 39.1 Å². The molecule has 0 aliphatic heterocycles. The van der Waals surface area contributed by atoms with Crippen molar-refractivity contribution < 1.29 is 22.4 Å². The smallest absolute Gasteiger partial charge is 0.244 e. The number of likely N-dealkylation sites (N-methyl/N-ethyl adjacent to an activating group) is 1. The molecule has 2 amide bonds. The summed E-state index contributed by atoms with van der Waals surface area (Å²) in [6, 6.07) is 20.2. The average Bonchev–Trinajstić information content (AvgIpc) is 2.85. The van der Waals surface area contributed by atoms with Gasteiger partial charge in [-0.25, -0.2) is 12.8 Å². The highest BCUT2D eigenvalue weighted by Crippen LogP contribution is 2.23. The van der Waals surface area contributed by atoms with Crippen molar-refractivity contribution in [1.82, 2.24) is 10.2 Å². The van der Waals surface area contributed by atoms with Crippen molar-refractivity contribution in [3.05, 3.63) is 101 Å². The lowest BCUT2D eigenvalue weighted by Gasteiger charge is -2.33. The van der Waals surface area contributed by atoms with E-state index in [1.807, 2.05) is 30.3 Å². The Kier molecular flexibility index (Phi) is 9.66. The van der Waals surface area contributed by atoms with Crippen molar-refractivity contribution in [1.29, 1.82) is 0 Å². The third kappa shape index (κ3) is 7.77. The number of hydrogen-bond donors (Lipinski definition) is 1. The first kappa shape index (κ1) is 28.1. The highest BCUT2D eigenvalue weighted by molar-refractivity contribution is 7.92. The van der Waals surface area contributed by atoms with Crippen LogP contribution in [0.15, 0.2) is 78.9 Å². The second kappa shape index (κ2) is 12.7. The van der Waals surface area contributed by atoms with E-state index in [1.54, 1.807) is 25.1 Å². The number of amides is 2. The lowest BCUT2D eigenvalue weighted by molar-refractivity contribution is -0.140. The molecule has 0 radical (unpaired) electrons. The number of anilines is 1. The third-order valence-electron chi connectivity index (χ3n) is 5.70. The summed E-state index contributed by atoms with van der Waals surface area (Å²) >= 11 is 6.07. The molecule has 0 spiro atoms. The number of carbonyl (C=O) groups excluding carboxylic acids is 2. The van der Waals surface area contributed by atoms with Crippen LogP contribution in [0.2, 0.25) is 5.02 Å². The van der Waals surface area contributed by atoms with E-state index in [9.17, 15) is 22.4 Å². The molecule has 0 unspecified atom stereocenters. The van der Waals surface area contributed by atoms with Crippen molar-refractivity contribution in [3.8, 4) is 0 Å². The Bertz CT molecular complexity index is 1340. The van der Waals surface area contributed by atoms with Gasteiger partial charge in [0, 0.05) is 30.1 Å². The second-order valence-corrected chi connectivity index (χ2v) is 10.8. The van der Waals surface area contributed by atoms with Gasteiger partial charge in [-0.2, -0.15) is 0 Å². The summed E-state index contributed by atoms with van der Waals surface area (Å²) in [5, 5.41) is 3.05. The topological polar surface area (TPSA) is 86.8 Å². The number of nitrogens with zero attached hydrogens (tertiary/aromatic N) is 2. The Morgan fingerprint density at radius 2 is 1.68 bits per heavy atom. The summed E-state index contributed by atoms with van der Waals surface area (Å²) in [6.07, 6.45) is 1.14. The normalized spacial score (nSPS) is 12.0. The number of carbonyl (C=O) groups is 2. The van der Waals surface area contributed by atoms with Gasteiger partial charge in [-0.05, 0) is 36.8 Å². The van der Waals surface area contributed by atoms with Gasteiger partial charge < -0.3 is 10.2 Å². The summed E-state index contributed by atoms with van der Waals surface area (Å²) < 4.78 is 40.9. The minimum Gasteiger partial charge on any atom is -0.355 e. The summed E-state index contributed by atoms with van der Waals surface area (Å²) in [5.41, 5.74) is 1.19. The fourth-order valence-corrected chi connectivity index (χ4v) is 4.93. The molecule has 0 aliphatic rings. The second-order valence-electron chi connectivity index (χ2n) is 8.46. The van der Waals surface area contributed by atoms with Crippen molar-refractivity contribution in [2.75, 3.05) is 23.7 Å². The molecule has 37 heavy (non-hydrogen) atoms. The SMILES string of the molecule is CCNC(=O)[C@H](Cc1ccccc1)N(Cc1ccccc1F)C(=O)CN(c1cccc(Cl)c1)S(C)(=O)=O. The summed E-state index contributed by atoms with van der Waals surface area (Å²) in [6.45, 7) is 1.25. The van der Waals surface area contributed by atoms with Crippen LogP contribution in [0.25, 0.3) is 0 Å². The number of rotatable bonds is 11. The molecule has 0 heterocycles. The molecule has 10 heteroatoms. The molecule has 3 aromatic rings. The highest BCUT2D eigenvalue weighted by atomic mass is 35.5. The van der Waals surface area contributed by atoms with Gasteiger partial charge in [0.2, 0.25) is 21.8 Å². The summed E-state index contributed by atoms with van der Waals surface area (Å²) in [4.78, 5) is 28.3. The molecular formula is C27H29ClFN3O4S. The van der Waals surface area contributed by atoms with E-state index in [0.29, 0.717) is 11.6 Å². The summed E-state index contributed by atoms with van der Waals surface area (Å²) in [5.74, 6) is -1.63. The molecule has 196 valence electrons. The van der Waals surface area contributed by atoms with Crippen LogP contribution in [0.1, 0.15) is 18.1 Å². The predicted molar refractivity (Wildman–Crippen MR) is 143 cm³/mol. The lowest BCUT2D eigenvalue weighted by Crippen LogP contribution is -2.53. The van der Waals surface area contributed by atoms with Gasteiger partial charge in [-0.1, -0.05) is 66.2 Å². The molecule has 0 aliphatic carbocycles. The van der Waals surface area contributed by atoms with Crippen LogP contribution < -0.4 is 9.62 Å². The van der Waals surface area contributed by atoms with Crippen molar-refractivity contribution in [3.63, 3.8) is 0 Å². The zero-order valence-corrected chi connectivity index (χ0v) is 22.2. The largest absolute Gasteiger partial charge is 0.355 e. The first-order valence-electron chi connectivity index (χ1n) is 11.7. The first-order chi connectivity index (χ1) is 17.6. The van der Waals surface area contributed by atoms with Gasteiger partial charge in [0.25, 0.3) is 0 Å². The van der Waals surface area contributed by atoms with E-state index in [-0.39, 0.29) is 24.2 Å². The maximum absolute atomic E-state index is 14.7. The maximum Gasteiger partial charge on any atom is 0.244 e. The first-order valence-corrected chi connectivity index (χ1v) is 13.9. The minimum absolute atomic E-state index is 0.156. The fourth-order valence-electron chi connectivity index (χ4n) is 3.90. The molecule has 0 aromatic heterocycles. The minimum atomic E-state index is -3.91. The molecule has 1 atom stereocenters. The zero-order chi connectivity index (χ0) is 27.0. The van der Waals surface area contributed by atoms with Crippen LogP contribution in [0.3, 0.4) is 0 Å².